The molecule has 4 rings (SSSR count). The molecule has 1 aliphatic heterocycles. The van der Waals surface area contributed by atoms with E-state index in [0.29, 0.717) is 26.5 Å². The summed E-state index contributed by atoms with van der Waals surface area (Å²) in [6, 6.07) is 8.41. The summed E-state index contributed by atoms with van der Waals surface area (Å²) in [5.41, 5.74) is 3.80. The Kier molecular flexibility index (Phi) is 3.78. The predicted molar refractivity (Wildman–Crippen MR) is 98.5 cm³/mol. The third kappa shape index (κ3) is 2.48. The number of pyridine rings is 1. The number of aryl methyl sites for hydroxylation is 2. The Bertz CT molecular complexity index is 1120. The van der Waals surface area contributed by atoms with Gasteiger partial charge in [0, 0.05) is 15.3 Å². The Labute approximate surface area is 157 Å². The average Bonchev–Trinajstić information content (AvgIpc) is 3.13. The first kappa shape index (κ1) is 16.7. The van der Waals surface area contributed by atoms with Crippen LogP contribution in [0, 0.1) is 13.8 Å². The number of benzene rings is 1. The number of hydrazine groups is 1. The number of rotatable bonds is 2. The number of imide groups is 1. The summed E-state index contributed by atoms with van der Waals surface area (Å²) in [7, 11) is 0. The quantitative estimate of drug-likeness (QED) is 0.684. The summed E-state index contributed by atoms with van der Waals surface area (Å²) >= 11 is 7.32. The normalized spacial score (nSPS) is 13.4. The molecule has 130 valence electrons. The SMILES string of the molecule is Cc1ccc(C(=O)NN2C(=O)c3c(C)nc4ccc(Cl)cc4c3C2=O)s1. The lowest BCUT2D eigenvalue weighted by Crippen LogP contribution is -2.45. The smallest absolute Gasteiger partial charge is 0.267 e. The molecule has 3 aromatic rings. The molecular formula is C18H12ClN3O3S. The van der Waals surface area contributed by atoms with E-state index in [2.05, 4.69) is 10.4 Å². The average molecular weight is 386 g/mol. The van der Waals surface area contributed by atoms with Gasteiger partial charge in [-0.1, -0.05) is 11.6 Å². The number of halogens is 1. The number of aromatic nitrogens is 1. The largest absolute Gasteiger partial charge is 0.282 e. The van der Waals surface area contributed by atoms with Gasteiger partial charge in [-0.2, -0.15) is 5.01 Å². The Morgan fingerprint density at radius 1 is 1.12 bits per heavy atom. The maximum Gasteiger partial charge on any atom is 0.282 e. The van der Waals surface area contributed by atoms with Gasteiger partial charge in [-0.05, 0) is 44.2 Å². The number of amides is 3. The highest BCUT2D eigenvalue weighted by atomic mass is 35.5. The van der Waals surface area contributed by atoms with Crippen LogP contribution in [0.25, 0.3) is 10.9 Å². The molecular weight excluding hydrogens is 374 g/mol. The number of carbonyl (C=O) groups excluding carboxylic acids is 3. The van der Waals surface area contributed by atoms with Crippen molar-refractivity contribution in [2.75, 3.05) is 0 Å². The first-order valence-corrected chi connectivity index (χ1v) is 8.92. The van der Waals surface area contributed by atoms with Crippen molar-refractivity contribution in [3.63, 3.8) is 0 Å². The summed E-state index contributed by atoms with van der Waals surface area (Å²) in [6.07, 6.45) is 0. The van der Waals surface area contributed by atoms with Gasteiger partial charge in [0.25, 0.3) is 17.7 Å². The Hall–Kier alpha value is -2.77. The van der Waals surface area contributed by atoms with Crippen molar-refractivity contribution in [3.05, 3.63) is 61.9 Å². The van der Waals surface area contributed by atoms with Gasteiger partial charge < -0.3 is 0 Å². The molecule has 1 aromatic carbocycles. The van der Waals surface area contributed by atoms with Gasteiger partial charge in [-0.3, -0.25) is 24.8 Å². The molecule has 2 aromatic heterocycles. The van der Waals surface area contributed by atoms with Gasteiger partial charge in [-0.15, -0.1) is 11.3 Å². The van der Waals surface area contributed by atoms with E-state index in [1.165, 1.54) is 11.3 Å². The van der Waals surface area contributed by atoms with Gasteiger partial charge >= 0.3 is 0 Å². The van der Waals surface area contributed by atoms with Gasteiger partial charge in [0.2, 0.25) is 0 Å². The zero-order chi connectivity index (χ0) is 18.6. The molecule has 0 saturated heterocycles. The van der Waals surface area contributed by atoms with E-state index in [0.717, 1.165) is 9.89 Å². The molecule has 0 spiro atoms. The molecule has 1 aliphatic rings. The molecule has 3 amide bonds. The summed E-state index contributed by atoms with van der Waals surface area (Å²) < 4.78 is 0. The van der Waals surface area contributed by atoms with Gasteiger partial charge in [0.05, 0.1) is 27.2 Å². The second-order valence-electron chi connectivity index (χ2n) is 5.91. The van der Waals surface area contributed by atoms with Crippen LogP contribution in [0.1, 0.15) is 41.0 Å². The van der Waals surface area contributed by atoms with E-state index >= 15 is 0 Å². The monoisotopic (exact) mass is 385 g/mol. The highest BCUT2D eigenvalue weighted by molar-refractivity contribution is 7.13. The molecule has 1 N–H and O–H groups in total. The maximum absolute atomic E-state index is 12.9. The lowest BCUT2D eigenvalue weighted by atomic mass is 10.0. The van der Waals surface area contributed by atoms with Crippen molar-refractivity contribution in [2.24, 2.45) is 0 Å². The van der Waals surface area contributed by atoms with Crippen molar-refractivity contribution in [1.82, 2.24) is 15.4 Å². The maximum atomic E-state index is 12.9. The van der Waals surface area contributed by atoms with Gasteiger partial charge in [0.15, 0.2) is 0 Å². The standard InChI is InChI=1S/C18H12ClN3O3S/c1-8-3-6-13(26-8)16(23)21-22-17(24)14-9(2)20-12-5-4-10(19)7-11(12)15(14)18(22)25/h3-7H,1-2H3,(H,21,23). The predicted octanol–water partition coefficient (Wildman–Crippen LogP) is 3.51. The van der Waals surface area contributed by atoms with E-state index in [9.17, 15) is 14.4 Å². The minimum atomic E-state index is -0.599. The number of hydrogen-bond acceptors (Lipinski definition) is 5. The summed E-state index contributed by atoms with van der Waals surface area (Å²) in [5, 5.41) is 1.67. The van der Waals surface area contributed by atoms with Gasteiger partial charge in [0.1, 0.15) is 0 Å². The molecule has 0 bridgehead atoms. The summed E-state index contributed by atoms with van der Waals surface area (Å²) in [5.74, 6) is -1.70. The number of thiophene rings is 1. The molecule has 0 atom stereocenters. The second kappa shape index (κ2) is 5.89. The molecule has 0 aliphatic carbocycles. The summed E-state index contributed by atoms with van der Waals surface area (Å²) in [6.45, 7) is 3.53. The Morgan fingerprint density at radius 3 is 2.54 bits per heavy atom. The Balaban J connectivity index is 1.78. The minimum absolute atomic E-state index is 0.187. The van der Waals surface area contributed by atoms with Crippen molar-refractivity contribution >= 4 is 51.6 Å². The third-order valence-corrected chi connectivity index (χ3v) is 5.37. The van der Waals surface area contributed by atoms with Crippen LogP contribution in [0.5, 0.6) is 0 Å². The molecule has 0 fully saturated rings. The topological polar surface area (TPSA) is 79.4 Å². The van der Waals surface area contributed by atoms with Crippen molar-refractivity contribution in [3.8, 4) is 0 Å². The van der Waals surface area contributed by atoms with Crippen LogP contribution in [-0.4, -0.2) is 27.7 Å². The molecule has 0 radical (unpaired) electrons. The van der Waals surface area contributed by atoms with E-state index in [1.807, 2.05) is 6.92 Å². The third-order valence-electron chi connectivity index (χ3n) is 4.14. The highest BCUT2D eigenvalue weighted by Gasteiger charge is 2.40. The van der Waals surface area contributed by atoms with Crippen LogP contribution >= 0.6 is 22.9 Å². The van der Waals surface area contributed by atoms with Crippen molar-refractivity contribution in [2.45, 2.75) is 13.8 Å². The first-order chi connectivity index (χ1) is 12.4. The van der Waals surface area contributed by atoms with Crippen LogP contribution in [-0.2, 0) is 0 Å². The van der Waals surface area contributed by atoms with Crippen LogP contribution in [0.4, 0.5) is 0 Å². The van der Waals surface area contributed by atoms with E-state index in [-0.39, 0.29) is 11.1 Å². The highest BCUT2D eigenvalue weighted by Crippen LogP contribution is 2.32. The Morgan fingerprint density at radius 2 is 1.85 bits per heavy atom. The zero-order valence-corrected chi connectivity index (χ0v) is 15.4. The molecule has 6 nitrogen and oxygen atoms in total. The fourth-order valence-electron chi connectivity index (χ4n) is 2.97. The van der Waals surface area contributed by atoms with E-state index < -0.39 is 17.7 Å². The number of nitrogens with zero attached hydrogens (tertiary/aromatic N) is 2. The number of nitrogens with one attached hydrogen (secondary N) is 1. The lowest BCUT2D eigenvalue weighted by molar-refractivity contribution is 0.0519. The first-order valence-electron chi connectivity index (χ1n) is 7.73. The van der Waals surface area contributed by atoms with E-state index in [4.69, 9.17) is 11.6 Å². The lowest BCUT2D eigenvalue weighted by Gasteiger charge is -2.14. The molecule has 8 heteroatoms. The number of hydrogen-bond donors (Lipinski definition) is 1. The van der Waals surface area contributed by atoms with Crippen LogP contribution in [0.2, 0.25) is 5.02 Å². The van der Waals surface area contributed by atoms with Gasteiger partial charge in [-0.25, -0.2) is 0 Å². The van der Waals surface area contributed by atoms with Crippen molar-refractivity contribution in [1.29, 1.82) is 0 Å². The van der Waals surface area contributed by atoms with Crippen LogP contribution in [0.15, 0.2) is 30.3 Å². The molecule has 0 saturated carbocycles. The summed E-state index contributed by atoms with van der Waals surface area (Å²) in [4.78, 5) is 43.8. The second-order valence-corrected chi connectivity index (χ2v) is 7.63. The van der Waals surface area contributed by atoms with Crippen molar-refractivity contribution < 1.29 is 14.4 Å². The zero-order valence-electron chi connectivity index (χ0n) is 13.8. The molecule has 3 heterocycles. The fourth-order valence-corrected chi connectivity index (χ4v) is 3.90. The molecule has 26 heavy (non-hydrogen) atoms. The van der Waals surface area contributed by atoms with E-state index in [1.54, 1.807) is 37.3 Å². The fraction of sp³-hybridized carbons (Fsp3) is 0.111. The minimum Gasteiger partial charge on any atom is -0.267 e. The number of fused-ring (bicyclic) bond motifs is 3. The van der Waals surface area contributed by atoms with Crippen LogP contribution in [0.3, 0.4) is 0 Å². The number of carbonyl (C=O) groups is 3. The molecule has 0 unspecified atom stereocenters. The van der Waals surface area contributed by atoms with Crippen LogP contribution < -0.4 is 5.43 Å².